The van der Waals surface area contributed by atoms with Gasteiger partial charge in [0.25, 0.3) is 0 Å². The molecular formula is C32H26O2S. The minimum Gasteiger partial charge on any atom is -0.228 e. The van der Waals surface area contributed by atoms with Crippen LogP contribution < -0.4 is 0 Å². The summed E-state index contributed by atoms with van der Waals surface area (Å²) in [5.41, 5.74) is 6.18. The topological polar surface area (TPSA) is 34.1 Å². The van der Waals surface area contributed by atoms with Crippen LogP contribution in [0.3, 0.4) is 0 Å². The van der Waals surface area contributed by atoms with E-state index in [0.717, 1.165) is 17.5 Å². The molecule has 0 N–H and O–H groups in total. The fraction of sp³-hybridized carbons (Fsp3) is 0.188. The van der Waals surface area contributed by atoms with E-state index in [1.54, 1.807) is 0 Å². The smallest absolute Gasteiger partial charge is 0.155 e. The van der Waals surface area contributed by atoms with Crippen molar-refractivity contribution in [2.75, 3.05) is 5.75 Å². The van der Waals surface area contributed by atoms with E-state index in [2.05, 4.69) is 103 Å². The van der Waals surface area contributed by atoms with Crippen LogP contribution in [0.25, 0.3) is 11.1 Å². The molecule has 0 aromatic heterocycles. The highest BCUT2D eigenvalue weighted by Gasteiger charge is 2.77. The van der Waals surface area contributed by atoms with Crippen LogP contribution in [0.1, 0.15) is 28.7 Å². The van der Waals surface area contributed by atoms with Crippen molar-refractivity contribution >= 4 is 21.0 Å². The third-order valence-corrected chi connectivity index (χ3v) is 11.0. The second-order valence-corrected chi connectivity index (χ2v) is 12.4. The minimum atomic E-state index is -3.22. The third kappa shape index (κ3) is 2.62. The molecule has 2 bridgehead atoms. The van der Waals surface area contributed by atoms with E-state index in [4.69, 9.17) is 0 Å². The van der Waals surface area contributed by atoms with E-state index >= 15 is 0 Å². The zero-order valence-corrected chi connectivity index (χ0v) is 20.2. The molecule has 3 aliphatic rings. The average molecular weight is 475 g/mol. The summed E-state index contributed by atoms with van der Waals surface area (Å²) >= 11 is 0. The quantitative estimate of drug-likeness (QED) is 0.348. The first kappa shape index (κ1) is 20.9. The highest BCUT2D eigenvalue weighted by atomic mass is 32.2. The van der Waals surface area contributed by atoms with Crippen LogP contribution in [0, 0.1) is 5.92 Å². The van der Waals surface area contributed by atoms with E-state index in [-0.39, 0.29) is 17.1 Å². The molecule has 7 rings (SSSR count). The largest absolute Gasteiger partial charge is 0.228 e. The maximum Gasteiger partial charge on any atom is 0.155 e. The van der Waals surface area contributed by atoms with Gasteiger partial charge in [0.05, 0.1) is 11.0 Å². The molecule has 4 unspecified atom stereocenters. The fourth-order valence-corrected chi connectivity index (χ4v) is 10.2. The molecule has 1 heterocycles. The Morgan fingerprint density at radius 3 is 1.40 bits per heavy atom. The van der Waals surface area contributed by atoms with Crippen LogP contribution in [-0.4, -0.2) is 19.4 Å². The van der Waals surface area contributed by atoms with Gasteiger partial charge < -0.3 is 0 Å². The second kappa shape index (κ2) is 7.29. The van der Waals surface area contributed by atoms with E-state index in [0.29, 0.717) is 0 Å². The van der Waals surface area contributed by atoms with E-state index in [9.17, 15) is 8.42 Å². The number of sulfone groups is 1. The summed E-state index contributed by atoms with van der Waals surface area (Å²) in [6.45, 7) is 0. The lowest BCUT2D eigenvalue weighted by atomic mass is 9.62. The van der Waals surface area contributed by atoms with Gasteiger partial charge in [0.2, 0.25) is 0 Å². The van der Waals surface area contributed by atoms with Crippen molar-refractivity contribution < 1.29 is 8.42 Å². The van der Waals surface area contributed by atoms with Gasteiger partial charge in [-0.2, -0.15) is 0 Å². The monoisotopic (exact) mass is 474 g/mol. The van der Waals surface area contributed by atoms with E-state index in [1.165, 1.54) is 22.3 Å². The number of hydrogen-bond donors (Lipinski definition) is 0. The third-order valence-electron chi connectivity index (χ3n) is 8.69. The Hall–Kier alpha value is -3.43. The molecule has 0 spiro atoms. The van der Waals surface area contributed by atoms with Crippen molar-refractivity contribution in [3.05, 3.63) is 144 Å². The lowest BCUT2D eigenvalue weighted by Gasteiger charge is -2.51. The lowest BCUT2D eigenvalue weighted by molar-refractivity contribution is 0.386. The summed E-state index contributed by atoms with van der Waals surface area (Å²) in [6.07, 6.45) is 0.775. The van der Waals surface area contributed by atoms with Gasteiger partial charge in [0.15, 0.2) is 9.84 Å². The molecular weight excluding hydrogens is 448 g/mol. The van der Waals surface area contributed by atoms with Crippen LogP contribution in [-0.2, 0) is 20.7 Å². The molecule has 0 amide bonds. The Labute approximate surface area is 206 Å². The van der Waals surface area contributed by atoms with E-state index in [1.807, 2.05) is 18.2 Å². The maximum absolute atomic E-state index is 13.6. The Bertz CT molecular complexity index is 1540. The Morgan fingerprint density at radius 1 is 0.543 bits per heavy atom. The van der Waals surface area contributed by atoms with Crippen LogP contribution in [0.2, 0.25) is 0 Å². The van der Waals surface area contributed by atoms with Crippen LogP contribution >= 0.6 is 0 Å². The molecule has 4 atom stereocenters. The fourth-order valence-electron chi connectivity index (χ4n) is 7.60. The van der Waals surface area contributed by atoms with Crippen LogP contribution in [0.4, 0.5) is 0 Å². The lowest BCUT2D eigenvalue weighted by Crippen LogP contribution is -2.59. The molecule has 35 heavy (non-hydrogen) atoms. The first-order valence-corrected chi connectivity index (χ1v) is 14.0. The summed E-state index contributed by atoms with van der Waals surface area (Å²) in [5, 5.41) is -0.416. The van der Waals surface area contributed by atoms with Gasteiger partial charge in [-0.3, -0.25) is 0 Å². The average Bonchev–Trinajstić information content (AvgIpc) is 3.36. The predicted octanol–water partition coefficient (Wildman–Crippen LogP) is 6.30. The molecule has 0 radical (unpaired) electrons. The first-order chi connectivity index (χ1) is 17.1. The predicted molar refractivity (Wildman–Crippen MR) is 142 cm³/mol. The highest BCUT2D eigenvalue weighted by molar-refractivity contribution is 7.93. The molecule has 2 fully saturated rings. The molecule has 4 aromatic carbocycles. The van der Waals surface area contributed by atoms with Gasteiger partial charge in [-0.25, -0.2) is 8.42 Å². The van der Waals surface area contributed by atoms with Gasteiger partial charge in [-0.1, -0.05) is 121 Å². The molecule has 4 aromatic rings. The van der Waals surface area contributed by atoms with Gasteiger partial charge in [0, 0.05) is 16.7 Å². The van der Waals surface area contributed by atoms with Gasteiger partial charge >= 0.3 is 0 Å². The number of hydrogen-bond acceptors (Lipinski definition) is 2. The normalized spacial score (nSPS) is 30.1. The van der Waals surface area contributed by atoms with Gasteiger partial charge in [0.1, 0.15) is 0 Å². The number of fused-ring (bicyclic) bond motifs is 5. The summed E-state index contributed by atoms with van der Waals surface area (Å²) < 4.78 is 27.3. The van der Waals surface area contributed by atoms with Crippen molar-refractivity contribution in [1.82, 2.24) is 0 Å². The standard InChI is InChI=1S/C32H26O2S/c33-35(34)21-27-30(35)32(26-19-11-4-12-20-26)22-31(27,25-17-9-3-10-18-25)28(23-13-5-1-6-14-23)29(32)24-15-7-2-8-16-24/h1-20,27,30H,21-22H2. The number of rotatable bonds is 4. The zero-order valence-electron chi connectivity index (χ0n) is 19.3. The van der Waals surface area contributed by atoms with Crippen LogP contribution in [0.5, 0.6) is 0 Å². The highest BCUT2D eigenvalue weighted by Crippen LogP contribution is 2.76. The second-order valence-electron chi connectivity index (χ2n) is 10.2. The number of allylic oxidation sites excluding steroid dienone is 2. The number of benzene rings is 4. The van der Waals surface area contributed by atoms with Crippen molar-refractivity contribution in [3.8, 4) is 0 Å². The molecule has 2 nitrogen and oxygen atoms in total. The Morgan fingerprint density at radius 2 is 0.943 bits per heavy atom. The maximum atomic E-state index is 13.6. The molecule has 2 aliphatic carbocycles. The molecule has 1 aliphatic heterocycles. The zero-order chi connectivity index (χ0) is 23.7. The molecule has 172 valence electrons. The first-order valence-electron chi connectivity index (χ1n) is 12.3. The van der Waals surface area contributed by atoms with Gasteiger partial charge in [-0.15, -0.1) is 0 Å². The SMILES string of the molecule is O=S1(=O)CC2C1C1(c3ccccc3)CC2(c2ccccc2)C(c2ccccc2)=C1c1ccccc1. The Balaban J connectivity index is 1.68. The van der Waals surface area contributed by atoms with Crippen LogP contribution in [0.15, 0.2) is 121 Å². The molecule has 3 heteroatoms. The molecule has 1 saturated heterocycles. The van der Waals surface area contributed by atoms with Crippen molar-refractivity contribution in [2.24, 2.45) is 5.92 Å². The van der Waals surface area contributed by atoms with E-state index < -0.39 is 20.5 Å². The summed E-state index contributed by atoms with van der Waals surface area (Å²) in [7, 11) is -3.22. The van der Waals surface area contributed by atoms with Crippen molar-refractivity contribution in [2.45, 2.75) is 22.5 Å². The summed E-state index contributed by atoms with van der Waals surface area (Å²) in [4.78, 5) is 0. The summed E-state index contributed by atoms with van der Waals surface area (Å²) in [5.74, 6) is 0.303. The van der Waals surface area contributed by atoms with Crippen molar-refractivity contribution in [3.63, 3.8) is 0 Å². The summed E-state index contributed by atoms with van der Waals surface area (Å²) in [6, 6.07) is 42.2. The van der Waals surface area contributed by atoms with Gasteiger partial charge in [-0.05, 0) is 39.8 Å². The Kier molecular flexibility index (Phi) is 4.35. The van der Waals surface area contributed by atoms with Crippen molar-refractivity contribution in [1.29, 1.82) is 0 Å². The minimum absolute atomic E-state index is 0.0535. The molecule has 1 saturated carbocycles.